The molecule has 0 rings (SSSR count). The average Bonchev–Trinajstić information content (AvgIpc) is 1.79. The van der Waals surface area contributed by atoms with Gasteiger partial charge >= 0.3 is 0 Å². The molecule has 0 aromatic carbocycles. The Morgan fingerprint density at radius 2 is 2.09 bits per heavy atom. The van der Waals surface area contributed by atoms with E-state index in [1.165, 1.54) is 0 Å². The Labute approximate surface area is 68.0 Å². The highest BCUT2D eigenvalue weighted by Gasteiger charge is 2.15. The predicted molar refractivity (Wildman–Crippen MR) is 43.7 cm³/mol. The van der Waals surface area contributed by atoms with Crippen LogP contribution in [0, 0.1) is 16.9 Å². The summed E-state index contributed by atoms with van der Waals surface area (Å²) in [6.07, 6.45) is 2.06. The summed E-state index contributed by atoms with van der Waals surface area (Å²) in [5.41, 5.74) is 0.122. The second kappa shape index (κ2) is 4.20. The number of aliphatic hydroxyl groups is 1. The Kier molecular flexibility index (Phi) is 3.91. The van der Waals surface area contributed by atoms with Crippen LogP contribution in [0.25, 0.3) is 0 Å². The molecule has 2 N–H and O–H groups in total. The fraction of sp³-hybridized carbons (Fsp3) is 0.875. The van der Waals surface area contributed by atoms with Crippen LogP contribution in [-0.4, -0.2) is 17.8 Å². The SMILES string of the molecule is CC(C)(C)CC(O)CNC#N. The molecule has 0 radical (unpaired) electrons. The standard InChI is InChI=1S/C8H16N2O/c1-8(2,3)4-7(11)5-10-6-9/h7,10-11H,4-5H2,1-3H3. The lowest BCUT2D eigenvalue weighted by molar-refractivity contribution is 0.123. The summed E-state index contributed by atoms with van der Waals surface area (Å²) in [7, 11) is 0. The van der Waals surface area contributed by atoms with Gasteiger partial charge in [0.2, 0.25) is 0 Å². The van der Waals surface area contributed by atoms with Gasteiger partial charge in [0.05, 0.1) is 12.6 Å². The molecule has 3 nitrogen and oxygen atoms in total. The third kappa shape index (κ3) is 7.14. The van der Waals surface area contributed by atoms with Crippen LogP contribution in [0.4, 0.5) is 0 Å². The van der Waals surface area contributed by atoms with Crippen molar-refractivity contribution in [2.24, 2.45) is 5.41 Å². The van der Waals surface area contributed by atoms with Gasteiger partial charge in [0.25, 0.3) is 0 Å². The third-order valence-electron chi connectivity index (χ3n) is 1.26. The van der Waals surface area contributed by atoms with E-state index in [2.05, 4.69) is 26.1 Å². The molecule has 0 aliphatic carbocycles. The number of nitrogens with one attached hydrogen (secondary N) is 1. The number of hydrogen-bond donors (Lipinski definition) is 2. The lowest BCUT2D eigenvalue weighted by Gasteiger charge is -2.21. The van der Waals surface area contributed by atoms with Crippen molar-refractivity contribution in [3.8, 4) is 6.19 Å². The lowest BCUT2D eigenvalue weighted by Crippen LogP contribution is -2.27. The van der Waals surface area contributed by atoms with Crippen molar-refractivity contribution < 1.29 is 5.11 Å². The Balaban J connectivity index is 3.54. The molecule has 0 heterocycles. The molecule has 0 spiro atoms. The Bertz CT molecular complexity index is 143. The van der Waals surface area contributed by atoms with Crippen LogP contribution in [0.15, 0.2) is 0 Å². The van der Waals surface area contributed by atoms with Crippen LogP contribution in [0.3, 0.4) is 0 Å². The number of nitrogens with zero attached hydrogens (tertiary/aromatic N) is 1. The molecule has 11 heavy (non-hydrogen) atoms. The van der Waals surface area contributed by atoms with E-state index in [4.69, 9.17) is 5.26 Å². The first-order valence-electron chi connectivity index (χ1n) is 3.76. The normalized spacial score (nSPS) is 13.7. The molecular formula is C8H16N2O. The highest BCUT2D eigenvalue weighted by molar-refractivity contribution is 4.73. The molecule has 0 amide bonds. The Morgan fingerprint density at radius 3 is 2.45 bits per heavy atom. The van der Waals surface area contributed by atoms with Gasteiger partial charge in [-0.05, 0) is 11.8 Å². The van der Waals surface area contributed by atoms with E-state index in [-0.39, 0.29) is 5.41 Å². The predicted octanol–water partition coefficient (Wildman–Crippen LogP) is 0.854. The van der Waals surface area contributed by atoms with E-state index in [9.17, 15) is 5.11 Å². The van der Waals surface area contributed by atoms with Crippen LogP contribution in [0.1, 0.15) is 27.2 Å². The quantitative estimate of drug-likeness (QED) is 0.470. The summed E-state index contributed by atoms with van der Waals surface area (Å²) in [4.78, 5) is 0. The maximum atomic E-state index is 9.30. The fourth-order valence-electron chi connectivity index (χ4n) is 0.942. The first kappa shape index (κ1) is 10.2. The molecule has 0 saturated heterocycles. The van der Waals surface area contributed by atoms with Crippen LogP contribution in [-0.2, 0) is 0 Å². The summed E-state index contributed by atoms with van der Waals surface area (Å²) in [5.74, 6) is 0. The van der Waals surface area contributed by atoms with Gasteiger partial charge in [0, 0.05) is 0 Å². The maximum Gasteiger partial charge on any atom is 0.176 e. The molecule has 0 saturated carbocycles. The monoisotopic (exact) mass is 156 g/mol. The van der Waals surface area contributed by atoms with Crippen molar-refractivity contribution in [3.05, 3.63) is 0 Å². The Hall–Kier alpha value is -0.750. The van der Waals surface area contributed by atoms with Gasteiger partial charge in [-0.25, -0.2) is 0 Å². The van der Waals surface area contributed by atoms with Gasteiger partial charge in [-0.15, -0.1) is 0 Å². The number of nitriles is 1. The molecule has 0 aromatic heterocycles. The zero-order valence-corrected chi connectivity index (χ0v) is 7.39. The second-order valence-corrected chi connectivity index (χ2v) is 3.91. The van der Waals surface area contributed by atoms with E-state index in [1.807, 2.05) is 0 Å². The highest BCUT2D eigenvalue weighted by atomic mass is 16.3. The van der Waals surface area contributed by atoms with Gasteiger partial charge in [-0.2, -0.15) is 5.26 Å². The molecular weight excluding hydrogens is 140 g/mol. The topological polar surface area (TPSA) is 56.0 Å². The zero-order valence-electron chi connectivity index (χ0n) is 7.39. The minimum Gasteiger partial charge on any atom is -0.391 e. The molecule has 64 valence electrons. The number of hydrogen-bond acceptors (Lipinski definition) is 3. The van der Waals surface area contributed by atoms with Crippen LogP contribution < -0.4 is 5.32 Å². The molecule has 0 aliphatic heterocycles. The van der Waals surface area contributed by atoms with Gasteiger partial charge < -0.3 is 10.4 Å². The maximum absolute atomic E-state index is 9.30. The van der Waals surface area contributed by atoms with Crippen LogP contribution in [0.2, 0.25) is 0 Å². The molecule has 0 fully saturated rings. The summed E-state index contributed by atoms with van der Waals surface area (Å²) in [6, 6.07) is 0. The average molecular weight is 156 g/mol. The molecule has 0 aliphatic rings. The van der Waals surface area contributed by atoms with E-state index < -0.39 is 6.10 Å². The largest absolute Gasteiger partial charge is 0.391 e. The number of aliphatic hydroxyl groups excluding tert-OH is 1. The van der Waals surface area contributed by atoms with Crippen molar-refractivity contribution in [2.75, 3.05) is 6.54 Å². The van der Waals surface area contributed by atoms with Gasteiger partial charge in [-0.3, -0.25) is 0 Å². The first-order chi connectivity index (χ1) is 4.95. The van der Waals surface area contributed by atoms with E-state index in [1.54, 1.807) is 6.19 Å². The number of rotatable bonds is 3. The summed E-state index contributed by atoms with van der Waals surface area (Å²) >= 11 is 0. The van der Waals surface area contributed by atoms with Crippen LogP contribution >= 0.6 is 0 Å². The van der Waals surface area contributed by atoms with Gasteiger partial charge in [0.1, 0.15) is 0 Å². The molecule has 1 atom stereocenters. The Morgan fingerprint density at radius 1 is 1.55 bits per heavy atom. The zero-order chi connectivity index (χ0) is 8.91. The summed E-state index contributed by atoms with van der Waals surface area (Å²) < 4.78 is 0. The molecule has 0 bridgehead atoms. The molecule has 3 heteroatoms. The summed E-state index contributed by atoms with van der Waals surface area (Å²) in [6.45, 7) is 6.53. The highest BCUT2D eigenvalue weighted by Crippen LogP contribution is 2.20. The van der Waals surface area contributed by atoms with Gasteiger partial charge in [-0.1, -0.05) is 20.8 Å². The van der Waals surface area contributed by atoms with Crippen molar-refractivity contribution in [1.29, 1.82) is 5.26 Å². The molecule has 0 aromatic rings. The smallest absolute Gasteiger partial charge is 0.176 e. The van der Waals surface area contributed by atoms with Crippen LogP contribution in [0.5, 0.6) is 0 Å². The van der Waals surface area contributed by atoms with Crippen molar-refractivity contribution >= 4 is 0 Å². The van der Waals surface area contributed by atoms with Crippen molar-refractivity contribution in [1.82, 2.24) is 5.32 Å². The van der Waals surface area contributed by atoms with Crippen molar-refractivity contribution in [2.45, 2.75) is 33.3 Å². The molecule has 1 unspecified atom stereocenters. The van der Waals surface area contributed by atoms with E-state index >= 15 is 0 Å². The van der Waals surface area contributed by atoms with Crippen molar-refractivity contribution in [3.63, 3.8) is 0 Å². The third-order valence-corrected chi connectivity index (χ3v) is 1.26. The summed E-state index contributed by atoms with van der Waals surface area (Å²) in [5, 5.41) is 19.9. The first-order valence-corrected chi connectivity index (χ1v) is 3.76. The second-order valence-electron chi connectivity index (χ2n) is 3.91. The fourth-order valence-corrected chi connectivity index (χ4v) is 0.942. The minimum absolute atomic E-state index is 0.122. The van der Waals surface area contributed by atoms with Gasteiger partial charge in [0.15, 0.2) is 6.19 Å². The minimum atomic E-state index is -0.422. The van der Waals surface area contributed by atoms with E-state index in [0.717, 1.165) is 0 Å². The lowest BCUT2D eigenvalue weighted by atomic mass is 9.89. The van der Waals surface area contributed by atoms with E-state index in [0.29, 0.717) is 13.0 Å².